The third kappa shape index (κ3) is 3.44. The molecule has 0 atom stereocenters. The lowest BCUT2D eigenvalue weighted by Gasteiger charge is -2.13. The van der Waals surface area contributed by atoms with E-state index in [2.05, 4.69) is 134 Å². The molecular weight excluding hydrogens is 633 g/mol. The molecule has 4 nitrogen and oxygen atoms in total. The Labute approximate surface area is 299 Å². The number of aryl methyl sites for hydroxylation is 4. The van der Waals surface area contributed by atoms with Crippen molar-refractivity contribution in [1.29, 1.82) is 10.5 Å². The van der Waals surface area contributed by atoms with Gasteiger partial charge in [-0.1, -0.05) is 60.7 Å². The second-order valence-corrected chi connectivity index (χ2v) is 14.6. The van der Waals surface area contributed by atoms with Gasteiger partial charge in [0.15, 0.2) is 0 Å². The van der Waals surface area contributed by atoms with Crippen molar-refractivity contribution in [2.45, 2.75) is 27.7 Å². The first-order chi connectivity index (χ1) is 25.4. The van der Waals surface area contributed by atoms with Gasteiger partial charge < -0.3 is 8.80 Å². The summed E-state index contributed by atoms with van der Waals surface area (Å²) in [4.78, 5) is 0. The van der Waals surface area contributed by atoms with Crippen LogP contribution < -0.4 is 0 Å². The average molecular weight is 663 g/mol. The predicted molar refractivity (Wildman–Crippen MR) is 215 cm³/mol. The van der Waals surface area contributed by atoms with Gasteiger partial charge in [-0.25, -0.2) is 0 Å². The highest BCUT2D eigenvalue weighted by atomic mass is 14.9. The molecule has 242 valence electrons. The molecule has 0 radical (unpaired) electrons. The standard InChI is InChI=1S/C48H30N4/c1-25-17-29(23-49)18-26(2)43(25)35-15-13-31-37-21-42-38(22-41(37)51-39-11-7-5-9-33(39)45(35)47(31)51)32-14-16-36(44-27(3)19-30(24-50)20-28(44)4)46-34-10-6-8-12-40(34)52(42)48(32)46/h5-22H,1-4H3. The molecule has 0 unspecified atom stereocenters. The first-order valence-corrected chi connectivity index (χ1v) is 17.7. The number of aromatic nitrogens is 2. The number of nitrogens with zero attached hydrogens (tertiary/aromatic N) is 4. The van der Waals surface area contributed by atoms with E-state index < -0.39 is 0 Å². The highest BCUT2D eigenvalue weighted by Crippen LogP contribution is 2.49. The van der Waals surface area contributed by atoms with Gasteiger partial charge in [0.2, 0.25) is 0 Å². The van der Waals surface area contributed by atoms with Crippen LogP contribution in [0.25, 0.3) is 98.4 Å². The average Bonchev–Trinajstić information content (AvgIpc) is 3.87. The molecular formula is C48H30N4. The van der Waals surface area contributed by atoms with Crippen molar-refractivity contribution in [3.8, 4) is 34.4 Å². The molecule has 11 aromatic rings. The van der Waals surface area contributed by atoms with E-state index in [4.69, 9.17) is 0 Å². The first kappa shape index (κ1) is 28.9. The first-order valence-electron chi connectivity index (χ1n) is 17.7. The number of fused-ring (bicyclic) bond motifs is 12. The molecule has 0 aliphatic heterocycles. The molecule has 0 fully saturated rings. The van der Waals surface area contributed by atoms with Crippen molar-refractivity contribution < 1.29 is 0 Å². The summed E-state index contributed by atoms with van der Waals surface area (Å²) in [5, 5.41) is 29.3. The Hall–Kier alpha value is -6.88. The zero-order valence-electron chi connectivity index (χ0n) is 29.2. The summed E-state index contributed by atoms with van der Waals surface area (Å²) in [6.45, 7) is 8.48. The largest absolute Gasteiger partial charge is 0.308 e. The maximum atomic E-state index is 9.67. The van der Waals surface area contributed by atoms with Crippen molar-refractivity contribution in [2.75, 3.05) is 0 Å². The van der Waals surface area contributed by atoms with E-state index in [0.29, 0.717) is 11.1 Å². The third-order valence-corrected chi connectivity index (χ3v) is 11.7. The van der Waals surface area contributed by atoms with Gasteiger partial charge in [-0.15, -0.1) is 0 Å². The smallest absolute Gasteiger partial charge is 0.0991 e. The Balaban J connectivity index is 1.29. The topological polar surface area (TPSA) is 56.4 Å². The lowest BCUT2D eigenvalue weighted by atomic mass is 9.90. The summed E-state index contributed by atoms with van der Waals surface area (Å²) in [5.74, 6) is 0. The Morgan fingerprint density at radius 2 is 0.788 bits per heavy atom. The molecule has 4 aromatic heterocycles. The summed E-state index contributed by atoms with van der Waals surface area (Å²) in [6.07, 6.45) is 0. The Kier molecular flexibility index (Phi) is 5.49. The summed E-state index contributed by atoms with van der Waals surface area (Å²) >= 11 is 0. The van der Waals surface area contributed by atoms with E-state index >= 15 is 0 Å². The second-order valence-electron chi connectivity index (χ2n) is 14.6. The number of rotatable bonds is 2. The van der Waals surface area contributed by atoms with Gasteiger partial charge in [0, 0.05) is 43.1 Å². The van der Waals surface area contributed by atoms with Crippen molar-refractivity contribution in [3.05, 3.63) is 143 Å². The van der Waals surface area contributed by atoms with E-state index in [0.717, 1.165) is 22.3 Å². The summed E-state index contributed by atoms with van der Waals surface area (Å²) in [6, 6.07) is 44.3. The van der Waals surface area contributed by atoms with Gasteiger partial charge in [-0.2, -0.15) is 10.5 Å². The molecule has 11 rings (SSSR count). The van der Waals surface area contributed by atoms with E-state index in [-0.39, 0.29) is 0 Å². The van der Waals surface area contributed by atoms with Crippen LogP contribution >= 0.6 is 0 Å². The van der Waals surface area contributed by atoms with Gasteiger partial charge in [-0.3, -0.25) is 0 Å². The fourth-order valence-electron chi connectivity index (χ4n) is 9.83. The van der Waals surface area contributed by atoms with Gasteiger partial charge in [0.1, 0.15) is 0 Å². The van der Waals surface area contributed by atoms with Crippen LogP contribution in [0, 0.1) is 50.4 Å². The molecule has 7 aromatic carbocycles. The molecule has 0 spiro atoms. The Morgan fingerprint density at radius 1 is 0.404 bits per heavy atom. The van der Waals surface area contributed by atoms with Crippen molar-refractivity contribution in [3.63, 3.8) is 0 Å². The summed E-state index contributed by atoms with van der Waals surface area (Å²) < 4.78 is 4.96. The Morgan fingerprint density at radius 3 is 1.17 bits per heavy atom. The van der Waals surface area contributed by atoms with E-state index in [1.54, 1.807) is 0 Å². The number of hydrogen-bond acceptors (Lipinski definition) is 2. The number of nitriles is 2. The molecule has 0 aliphatic carbocycles. The van der Waals surface area contributed by atoms with Crippen LogP contribution in [0.3, 0.4) is 0 Å². The van der Waals surface area contributed by atoms with Gasteiger partial charge in [-0.05, 0) is 121 Å². The van der Waals surface area contributed by atoms with Crippen molar-refractivity contribution >= 4 is 76.2 Å². The number of para-hydroxylation sites is 2. The normalized spacial score (nSPS) is 12.2. The second kappa shape index (κ2) is 9.88. The van der Waals surface area contributed by atoms with Crippen LogP contribution in [0.5, 0.6) is 0 Å². The molecule has 0 saturated heterocycles. The Bertz CT molecular complexity index is 3190. The monoisotopic (exact) mass is 662 g/mol. The van der Waals surface area contributed by atoms with Crippen LogP contribution in [-0.4, -0.2) is 8.80 Å². The van der Waals surface area contributed by atoms with E-state index in [1.807, 2.05) is 24.3 Å². The molecule has 0 amide bonds. The van der Waals surface area contributed by atoms with Crippen molar-refractivity contribution in [1.82, 2.24) is 8.80 Å². The van der Waals surface area contributed by atoms with Crippen LogP contribution in [0.4, 0.5) is 0 Å². The SMILES string of the molecule is Cc1cc(C#N)cc(C)c1-c1ccc2c3cc4c(cc3n3c5ccccc5c1c23)c1ccc(-c2c(C)cc(C#N)cc2C)c2c3ccccc3n4c12. The highest BCUT2D eigenvalue weighted by molar-refractivity contribution is 6.32. The summed E-state index contributed by atoms with van der Waals surface area (Å²) in [7, 11) is 0. The lowest BCUT2D eigenvalue weighted by molar-refractivity contribution is 1.35. The van der Waals surface area contributed by atoms with Gasteiger partial charge in [0.25, 0.3) is 0 Å². The quantitative estimate of drug-likeness (QED) is 0.185. The van der Waals surface area contributed by atoms with Gasteiger partial charge >= 0.3 is 0 Å². The minimum absolute atomic E-state index is 0.696. The fraction of sp³-hybridized carbons (Fsp3) is 0.0833. The third-order valence-electron chi connectivity index (χ3n) is 11.7. The minimum atomic E-state index is 0.696. The molecule has 0 N–H and O–H groups in total. The van der Waals surface area contributed by atoms with Crippen molar-refractivity contribution in [2.24, 2.45) is 0 Å². The molecule has 0 saturated carbocycles. The maximum Gasteiger partial charge on any atom is 0.0991 e. The number of hydrogen-bond donors (Lipinski definition) is 0. The maximum absolute atomic E-state index is 9.67. The van der Waals surface area contributed by atoms with Crippen LogP contribution in [0.2, 0.25) is 0 Å². The molecule has 52 heavy (non-hydrogen) atoms. The zero-order valence-corrected chi connectivity index (χ0v) is 29.2. The fourth-order valence-corrected chi connectivity index (χ4v) is 9.83. The van der Waals surface area contributed by atoms with Crippen LogP contribution in [-0.2, 0) is 0 Å². The van der Waals surface area contributed by atoms with Crippen LogP contribution in [0.15, 0.2) is 109 Å². The summed E-state index contributed by atoms with van der Waals surface area (Å²) in [5.41, 5.74) is 18.0. The predicted octanol–water partition coefficient (Wildman–Crippen LogP) is 12.3. The van der Waals surface area contributed by atoms with Gasteiger partial charge in [0.05, 0.1) is 56.4 Å². The van der Waals surface area contributed by atoms with E-state index in [9.17, 15) is 10.5 Å². The molecule has 0 aliphatic rings. The highest BCUT2D eigenvalue weighted by Gasteiger charge is 2.26. The lowest BCUT2D eigenvalue weighted by Crippen LogP contribution is -1.91. The zero-order chi connectivity index (χ0) is 35.2. The molecule has 0 bridgehead atoms. The molecule has 4 heterocycles. The minimum Gasteiger partial charge on any atom is -0.308 e. The number of benzene rings is 7. The molecule has 4 heteroatoms. The van der Waals surface area contributed by atoms with E-state index in [1.165, 1.54) is 98.4 Å². The van der Waals surface area contributed by atoms with Crippen LogP contribution in [0.1, 0.15) is 33.4 Å².